The van der Waals surface area contributed by atoms with Gasteiger partial charge < -0.3 is 11.1 Å². The lowest BCUT2D eigenvalue weighted by molar-refractivity contribution is 0.0975. The van der Waals surface area contributed by atoms with Gasteiger partial charge >= 0.3 is 0 Å². The first-order valence-electron chi connectivity index (χ1n) is 6.33. The lowest BCUT2D eigenvalue weighted by Crippen LogP contribution is -2.34. The molecule has 5 nitrogen and oxygen atoms in total. The molecule has 23 heavy (non-hydrogen) atoms. The van der Waals surface area contributed by atoms with E-state index in [1.54, 1.807) is 24.3 Å². The normalized spacial score (nSPS) is 10.0. The fourth-order valence-electron chi connectivity index (χ4n) is 1.74. The van der Waals surface area contributed by atoms with Crippen LogP contribution in [0.15, 0.2) is 42.5 Å². The van der Waals surface area contributed by atoms with Gasteiger partial charge in [-0.1, -0.05) is 23.2 Å². The number of hydrogen-bond acceptors (Lipinski definition) is 3. The van der Waals surface area contributed by atoms with Gasteiger partial charge in [-0.15, -0.1) is 0 Å². The van der Waals surface area contributed by atoms with Gasteiger partial charge in [-0.3, -0.25) is 14.9 Å². The molecule has 0 aliphatic rings. The molecule has 0 atom stereocenters. The van der Waals surface area contributed by atoms with Crippen LogP contribution in [0, 0.1) is 0 Å². The fraction of sp³-hybridized carbons (Fsp3) is 0. The number of hydrogen-bond donors (Lipinski definition) is 3. The van der Waals surface area contributed by atoms with Crippen molar-refractivity contribution in [2.75, 3.05) is 5.32 Å². The summed E-state index contributed by atoms with van der Waals surface area (Å²) in [4.78, 5) is 23.1. The van der Waals surface area contributed by atoms with Crippen LogP contribution < -0.4 is 16.4 Å². The van der Waals surface area contributed by atoms with Gasteiger partial charge in [0.1, 0.15) is 0 Å². The summed E-state index contributed by atoms with van der Waals surface area (Å²) in [6.45, 7) is 0. The van der Waals surface area contributed by atoms with Crippen LogP contribution in [0.5, 0.6) is 0 Å². The Morgan fingerprint density at radius 2 is 1.52 bits per heavy atom. The van der Waals surface area contributed by atoms with Crippen LogP contribution >= 0.6 is 35.4 Å². The van der Waals surface area contributed by atoms with E-state index in [9.17, 15) is 9.59 Å². The van der Waals surface area contributed by atoms with Crippen molar-refractivity contribution < 1.29 is 9.59 Å². The van der Waals surface area contributed by atoms with Crippen molar-refractivity contribution in [1.29, 1.82) is 0 Å². The molecule has 0 spiro atoms. The zero-order valence-electron chi connectivity index (χ0n) is 11.6. The van der Waals surface area contributed by atoms with Gasteiger partial charge in [0.2, 0.25) is 5.91 Å². The lowest BCUT2D eigenvalue weighted by Gasteiger charge is -2.10. The third-order valence-corrected chi connectivity index (χ3v) is 3.42. The molecule has 0 radical (unpaired) electrons. The Labute approximate surface area is 147 Å². The van der Waals surface area contributed by atoms with E-state index in [0.717, 1.165) is 0 Å². The van der Waals surface area contributed by atoms with Crippen molar-refractivity contribution >= 4 is 58.0 Å². The smallest absolute Gasteiger partial charge is 0.257 e. The Hall–Kier alpha value is -2.15. The average molecular weight is 368 g/mol. The molecule has 0 aliphatic heterocycles. The topological polar surface area (TPSA) is 84.2 Å². The summed E-state index contributed by atoms with van der Waals surface area (Å²) < 4.78 is 0. The van der Waals surface area contributed by atoms with Gasteiger partial charge in [-0.2, -0.15) is 0 Å². The zero-order valence-corrected chi connectivity index (χ0v) is 13.9. The second-order valence-corrected chi connectivity index (χ2v) is 5.79. The van der Waals surface area contributed by atoms with Gasteiger partial charge in [-0.25, -0.2) is 0 Å². The maximum absolute atomic E-state index is 12.1. The maximum Gasteiger partial charge on any atom is 0.257 e. The minimum atomic E-state index is -0.523. The molecule has 2 aromatic carbocycles. The molecule has 2 rings (SSSR count). The predicted molar refractivity (Wildman–Crippen MR) is 95.1 cm³/mol. The summed E-state index contributed by atoms with van der Waals surface area (Å²) in [6, 6.07) is 10.8. The molecule has 8 heteroatoms. The first-order valence-corrected chi connectivity index (χ1v) is 7.50. The number of nitrogens with two attached hydrogens (primary N) is 1. The van der Waals surface area contributed by atoms with E-state index in [4.69, 9.17) is 41.2 Å². The van der Waals surface area contributed by atoms with Crippen LogP contribution in [0.3, 0.4) is 0 Å². The van der Waals surface area contributed by atoms with Crippen molar-refractivity contribution in [3.8, 4) is 0 Å². The van der Waals surface area contributed by atoms with Crippen LogP contribution in [0.25, 0.3) is 0 Å². The molecule has 2 amide bonds. The molecule has 0 aliphatic carbocycles. The summed E-state index contributed by atoms with van der Waals surface area (Å²) in [5.74, 6) is -0.967. The highest BCUT2D eigenvalue weighted by molar-refractivity contribution is 7.80. The van der Waals surface area contributed by atoms with E-state index >= 15 is 0 Å². The predicted octanol–water partition coefficient (Wildman–Crippen LogP) is 3.22. The highest BCUT2D eigenvalue weighted by atomic mass is 35.5. The van der Waals surface area contributed by atoms with Crippen molar-refractivity contribution in [2.24, 2.45) is 5.73 Å². The van der Waals surface area contributed by atoms with E-state index in [0.29, 0.717) is 21.3 Å². The molecule has 118 valence electrons. The van der Waals surface area contributed by atoms with Gasteiger partial charge in [0.25, 0.3) is 5.91 Å². The molecular formula is C15H11Cl2N3O2S. The lowest BCUT2D eigenvalue weighted by atomic mass is 10.2. The van der Waals surface area contributed by atoms with Gasteiger partial charge in [0, 0.05) is 26.9 Å². The van der Waals surface area contributed by atoms with Gasteiger partial charge in [0.15, 0.2) is 5.11 Å². The molecule has 0 bridgehead atoms. The molecule has 0 heterocycles. The summed E-state index contributed by atoms with van der Waals surface area (Å²) in [7, 11) is 0. The van der Waals surface area contributed by atoms with Crippen molar-refractivity contribution in [3.05, 3.63) is 63.6 Å². The number of rotatable bonds is 3. The number of carbonyl (C=O) groups is 2. The number of amides is 2. The summed E-state index contributed by atoms with van der Waals surface area (Å²) in [6.07, 6.45) is 0. The number of benzene rings is 2. The molecule has 0 unspecified atom stereocenters. The van der Waals surface area contributed by atoms with Crippen LogP contribution in [0.1, 0.15) is 20.7 Å². The molecule has 0 saturated carbocycles. The van der Waals surface area contributed by atoms with E-state index < -0.39 is 11.8 Å². The molecule has 2 aromatic rings. The van der Waals surface area contributed by atoms with Crippen molar-refractivity contribution in [2.45, 2.75) is 0 Å². The summed E-state index contributed by atoms with van der Waals surface area (Å²) in [5.41, 5.74) is 6.42. The van der Waals surface area contributed by atoms with Crippen LogP contribution in [0.4, 0.5) is 5.69 Å². The number of primary amides is 1. The largest absolute Gasteiger partial charge is 0.366 e. The Morgan fingerprint density at radius 1 is 0.957 bits per heavy atom. The van der Waals surface area contributed by atoms with Gasteiger partial charge in [0.05, 0.1) is 0 Å². The summed E-state index contributed by atoms with van der Waals surface area (Å²) in [5, 5.41) is 6.12. The van der Waals surface area contributed by atoms with Crippen molar-refractivity contribution in [1.82, 2.24) is 5.32 Å². The molecular weight excluding hydrogens is 357 g/mol. The van der Waals surface area contributed by atoms with Crippen LogP contribution in [-0.4, -0.2) is 16.9 Å². The highest BCUT2D eigenvalue weighted by Crippen LogP contribution is 2.19. The summed E-state index contributed by atoms with van der Waals surface area (Å²) >= 11 is 16.8. The first kappa shape index (κ1) is 17.2. The number of anilines is 1. The molecule has 4 N–H and O–H groups in total. The molecule has 0 fully saturated rings. The van der Waals surface area contributed by atoms with E-state index in [2.05, 4.69) is 10.6 Å². The SMILES string of the molecule is NC(=O)c1ccc(NC(=S)NC(=O)c2cc(Cl)cc(Cl)c2)cc1. The monoisotopic (exact) mass is 367 g/mol. The minimum Gasteiger partial charge on any atom is -0.366 e. The number of thiocarbonyl (C=S) groups is 1. The maximum atomic E-state index is 12.1. The third kappa shape index (κ3) is 4.92. The molecule has 0 aromatic heterocycles. The third-order valence-electron chi connectivity index (χ3n) is 2.78. The minimum absolute atomic E-state index is 0.0953. The Kier molecular flexibility index (Phi) is 5.54. The van der Waals surface area contributed by atoms with E-state index in [1.807, 2.05) is 0 Å². The Bertz CT molecular complexity index is 759. The standard InChI is InChI=1S/C15H11Cl2N3O2S/c16-10-5-9(6-11(17)7-10)14(22)20-15(23)19-12-3-1-8(2-4-12)13(18)21/h1-7H,(H2,18,21)(H2,19,20,22,23). The number of carbonyl (C=O) groups excluding carboxylic acids is 2. The average Bonchev–Trinajstić information content (AvgIpc) is 2.46. The molecule has 0 saturated heterocycles. The quantitative estimate of drug-likeness (QED) is 0.727. The van der Waals surface area contributed by atoms with E-state index in [-0.39, 0.29) is 10.7 Å². The zero-order chi connectivity index (χ0) is 17.0. The highest BCUT2D eigenvalue weighted by Gasteiger charge is 2.10. The number of nitrogens with one attached hydrogen (secondary N) is 2. The fourth-order valence-corrected chi connectivity index (χ4v) is 2.48. The second kappa shape index (κ2) is 7.41. The van der Waals surface area contributed by atoms with E-state index in [1.165, 1.54) is 18.2 Å². The Balaban J connectivity index is 2.01. The van der Waals surface area contributed by atoms with Crippen molar-refractivity contribution in [3.63, 3.8) is 0 Å². The first-order chi connectivity index (χ1) is 10.8. The van der Waals surface area contributed by atoms with Crippen LogP contribution in [0.2, 0.25) is 10.0 Å². The van der Waals surface area contributed by atoms with Gasteiger partial charge in [-0.05, 0) is 54.7 Å². The van der Waals surface area contributed by atoms with Crippen LogP contribution in [-0.2, 0) is 0 Å². The Morgan fingerprint density at radius 3 is 2.04 bits per heavy atom. The second-order valence-electron chi connectivity index (χ2n) is 4.51. The number of halogens is 2.